The molecule has 1 aliphatic heterocycles. The summed E-state index contributed by atoms with van der Waals surface area (Å²) in [6.45, 7) is 2.23. The van der Waals surface area contributed by atoms with Crippen LogP contribution in [0.5, 0.6) is 0 Å². The van der Waals surface area contributed by atoms with E-state index in [2.05, 4.69) is 4.98 Å². The molecule has 21 heavy (non-hydrogen) atoms. The van der Waals surface area contributed by atoms with Crippen molar-refractivity contribution < 1.29 is 13.5 Å². The minimum Gasteiger partial charge on any atom is -0.399 e. The van der Waals surface area contributed by atoms with Gasteiger partial charge in [-0.1, -0.05) is 6.92 Å². The van der Waals surface area contributed by atoms with Crippen molar-refractivity contribution in [2.45, 2.75) is 24.3 Å². The molecule has 2 heterocycles. The van der Waals surface area contributed by atoms with Crippen LogP contribution < -0.4 is 5.73 Å². The van der Waals surface area contributed by atoms with E-state index in [0.29, 0.717) is 17.6 Å². The van der Waals surface area contributed by atoms with E-state index in [9.17, 15) is 13.5 Å². The van der Waals surface area contributed by atoms with Gasteiger partial charge in [0.2, 0.25) is 10.0 Å². The van der Waals surface area contributed by atoms with Crippen LogP contribution in [0.3, 0.4) is 0 Å². The summed E-state index contributed by atoms with van der Waals surface area (Å²) in [5.74, 6) is 0.153. The summed E-state index contributed by atoms with van der Waals surface area (Å²) in [4.78, 5) is 3.18. The number of anilines is 1. The number of H-pyrrole nitrogens is 1. The summed E-state index contributed by atoms with van der Waals surface area (Å²) in [6.07, 6.45) is 2.26. The molecule has 0 bridgehead atoms. The number of sulfonamides is 1. The predicted molar refractivity (Wildman–Crippen MR) is 81.3 cm³/mol. The Bertz CT molecular complexity index is 769. The van der Waals surface area contributed by atoms with Crippen molar-refractivity contribution in [1.82, 2.24) is 9.29 Å². The number of aromatic nitrogens is 1. The van der Waals surface area contributed by atoms with E-state index in [1.807, 2.05) is 6.92 Å². The van der Waals surface area contributed by atoms with Crippen molar-refractivity contribution >= 4 is 26.6 Å². The number of hydrogen-bond donors (Lipinski definition) is 3. The fourth-order valence-corrected chi connectivity index (χ4v) is 4.88. The molecule has 4 N–H and O–H groups in total. The highest BCUT2D eigenvalue weighted by atomic mass is 32.2. The number of nitrogens with zero attached hydrogens (tertiary/aromatic N) is 1. The van der Waals surface area contributed by atoms with Crippen molar-refractivity contribution in [3.05, 3.63) is 24.4 Å². The van der Waals surface area contributed by atoms with Gasteiger partial charge in [-0.2, -0.15) is 4.31 Å². The molecule has 1 aliphatic rings. The molecule has 2 unspecified atom stereocenters. The first-order chi connectivity index (χ1) is 9.95. The van der Waals surface area contributed by atoms with Crippen LogP contribution in [-0.4, -0.2) is 42.0 Å². The Morgan fingerprint density at radius 1 is 1.48 bits per heavy atom. The molecule has 7 heteroatoms. The summed E-state index contributed by atoms with van der Waals surface area (Å²) in [5, 5.41) is 10.1. The van der Waals surface area contributed by atoms with Gasteiger partial charge in [0.25, 0.3) is 0 Å². The largest absolute Gasteiger partial charge is 0.399 e. The number of nitrogen functional groups attached to an aromatic ring is 1. The first-order valence-electron chi connectivity index (χ1n) is 6.94. The fourth-order valence-electron chi connectivity index (χ4n) is 2.99. The van der Waals surface area contributed by atoms with Gasteiger partial charge in [0, 0.05) is 29.3 Å². The number of aliphatic hydroxyl groups excluding tert-OH is 1. The normalized spacial score (nSPS) is 23.9. The second kappa shape index (κ2) is 5.01. The van der Waals surface area contributed by atoms with Gasteiger partial charge in [-0.3, -0.25) is 0 Å². The van der Waals surface area contributed by atoms with Crippen LogP contribution in [0.1, 0.15) is 13.3 Å². The van der Waals surface area contributed by atoms with Gasteiger partial charge in [-0.05, 0) is 30.5 Å². The third-order valence-electron chi connectivity index (χ3n) is 4.27. The lowest BCUT2D eigenvalue weighted by Gasteiger charge is -2.24. The summed E-state index contributed by atoms with van der Waals surface area (Å²) >= 11 is 0. The van der Waals surface area contributed by atoms with Crippen molar-refractivity contribution in [2.75, 3.05) is 18.9 Å². The highest BCUT2D eigenvalue weighted by Gasteiger charge is 2.40. The molecule has 2 aromatic rings. The monoisotopic (exact) mass is 309 g/mol. The van der Waals surface area contributed by atoms with Gasteiger partial charge in [0.05, 0.1) is 12.6 Å². The van der Waals surface area contributed by atoms with Crippen molar-refractivity contribution in [2.24, 2.45) is 5.92 Å². The van der Waals surface area contributed by atoms with Gasteiger partial charge in [-0.25, -0.2) is 8.42 Å². The fraction of sp³-hybridized carbons (Fsp3) is 0.429. The van der Waals surface area contributed by atoms with E-state index in [-0.39, 0.29) is 23.5 Å². The topological polar surface area (TPSA) is 99.4 Å². The number of rotatable bonds is 3. The maximum atomic E-state index is 12.9. The second-order valence-corrected chi connectivity index (χ2v) is 7.45. The summed E-state index contributed by atoms with van der Waals surface area (Å²) in [7, 11) is -3.65. The Labute approximate surface area is 123 Å². The summed E-state index contributed by atoms with van der Waals surface area (Å²) in [6, 6.07) is 4.79. The molecule has 0 spiro atoms. The van der Waals surface area contributed by atoms with E-state index in [1.165, 1.54) is 10.5 Å². The number of fused-ring (bicyclic) bond motifs is 1. The number of nitrogens with one attached hydrogen (secondary N) is 1. The van der Waals surface area contributed by atoms with Crippen LogP contribution in [0, 0.1) is 5.92 Å². The van der Waals surface area contributed by atoms with E-state index in [0.717, 1.165) is 11.9 Å². The number of nitrogens with two attached hydrogens (primary N) is 1. The van der Waals surface area contributed by atoms with Crippen molar-refractivity contribution in [3.8, 4) is 0 Å². The average Bonchev–Trinajstić information content (AvgIpc) is 3.01. The Morgan fingerprint density at radius 3 is 2.95 bits per heavy atom. The third kappa shape index (κ3) is 2.21. The standard InChI is InChI=1S/C14H19N3O3S/c1-9-4-5-17(13(9)8-18)21(19,20)14-7-16-12-3-2-10(15)6-11(12)14/h2-3,6-7,9,13,16,18H,4-5,8,15H2,1H3. The SMILES string of the molecule is CC1CCN(S(=O)(=O)c2c[nH]c3ccc(N)cc23)C1CO. The van der Waals surface area contributed by atoms with Crippen molar-refractivity contribution in [1.29, 1.82) is 0 Å². The minimum absolute atomic E-state index is 0.153. The van der Waals surface area contributed by atoms with Crippen LogP contribution in [0.2, 0.25) is 0 Å². The summed E-state index contributed by atoms with van der Waals surface area (Å²) < 4.78 is 27.2. The zero-order valence-corrected chi connectivity index (χ0v) is 12.6. The molecule has 1 aromatic heterocycles. The Hall–Kier alpha value is -1.57. The number of aromatic amines is 1. The van der Waals surface area contributed by atoms with Gasteiger partial charge in [-0.15, -0.1) is 0 Å². The molecule has 0 amide bonds. The predicted octanol–water partition coefficient (Wildman–Crippen LogP) is 1.14. The second-order valence-electron chi connectivity index (χ2n) is 5.59. The Morgan fingerprint density at radius 2 is 2.24 bits per heavy atom. The lowest BCUT2D eigenvalue weighted by Crippen LogP contribution is -2.39. The Kier molecular flexibility index (Phi) is 3.43. The molecule has 114 valence electrons. The maximum absolute atomic E-state index is 12.9. The van der Waals surface area contributed by atoms with Crippen LogP contribution in [0.4, 0.5) is 5.69 Å². The van der Waals surface area contributed by atoms with E-state index < -0.39 is 10.0 Å². The highest BCUT2D eigenvalue weighted by molar-refractivity contribution is 7.89. The lowest BCUT2D eigenvalue weighted by atomic mass is 10.0. The molecular weight excluding hydrogens is 290 g/mol. The first-order valence-corrected chi connectivity index (χ1v) is 8.38. The molecule has 3 rings (SSSR count). The lowest BCUT2D eigenvalue weighted by molar-refractivity contribution is 0.191. The van der Waals surface area contributed by atoms with E-state index >= 15 is 0 Å². The zero-order chi connectivity index (χ0) is 15.2. The highest BCUT2D eigenvalue weighted by Crippen LogP contribution is 2.33. The van der Waals surface area contributed by atoms with E-state index in [1.54, 1.807) is 18.2 Å². The van der Waals surface area contributed by atoms with Crippen LogP contribution in [0.15, 0.2) is 29.3 Å². The van der Waals surface area contributed by atoms with Crippen LogP contribution in [-0.2, 0) is 10.0 Å². The first kappa shape index (κ1) is 14.4. The molecule has 1 aromatic carbocycles. The van der Waals surface area contributed by atoms with Crippen LogP contribution in [0.25, 0.3) is 10.9 Å². The Balaban J connectivity index is 2.10. The van der Waals surface area contributed by atoms with E-state index in [4.69, 9.17) is 5.73 Å². The van der Waals surface area contributed by atoms with Gasteiger partial charge < -0.3 is 15.8 Å². The maximum Gasteiger partial charge on any atom is 0.245 e. The average molecular weight is 309 g/mol. The molecule has 0 radical (unpaired) electrons. The zero-order valence-electron chi connectivity index (χ0n) is 11.8. The molecule has 1 saturated heterocycles. The molecule has 6 nitrogen and oxygen atoms in total. The number of aliphatic hydroxyl groups is 1. The molecule has 2 atom stereocenters. The van der Waals surface area contributed by atoms with Gasteiger partial charge in [0.15, 0.2) is 0 Å². The van der Waals surface area contributed by atoms with Crippen LogP contribution >= 0.6 is 0 Å². The molecule has 0 saturated carbocycles. The van der Waals surface area contributed by atoms with Crippen molar-refractivity contribution in [3.63, 3.8) is 0 Å². The number of benzene rings is 1. The molecule has 1 fully saturated rings. The minimum atomic E-state index is -3.65. The molecular formula is C14H19N3O3S. The molecule has 0 aliphatic carbocycles. The van der Waals surface area contributed by atoms with Gasteiger partial charge in [0.1, 0.15) is 4.90 Å². The summed E-state index contributed by atoms with van der Waals surface area (Å²) in [5.41, 5.74) is 7.01. The smallest absolute Gasteiger partial charge is 0.245 e. The third-order valence-corrected chi connectivity index (χ3v) is 6.24. The van der Waals surface area contributed by atoms with Gasteiger partial charge >= 0.3 is 0 Å². The quantitative estimate of drug-likeness (QED) is 0.740. The number of hydrogen-bond acceptors (Lipinski definition) is 4.